The Morgan fingerprint density at radius 3 is 2.82 bits per heavy atom. The molecule has 0 bridgehead atoms. The minimum absolute atomic E-state index is 0.0165. The highest BCUT2D eigenvalue weighted by Gasteiger charge is 2.01. The molecular formula is C13H20N2O2. The van der Waals surface area contributed by atoms with Gasteiger partial charge in [0.25, 0.3) is 0 Å². The molecular weight excluding hydrogens is 216 g/mol. The average Bonchev–Trinajstić information content (AvgIpc) is 2.23. The first-order valence-corrected chi connectivity index (χ1v) is 5.74. The van der Waals surface area contributed by atoms with Crippen LogP contribution in [-0.2, 0) is 4.79 Å². The largest absolute Gasteiger partial charge is 0.494 e. The standard InChI is InChI=1S/C13H20N2O2/c1-11-6-4-7-12(10-11)17-9-5-8-13(16)14-15(2)3/h4,6-7,10H,5,8-9H2,1-3H3,(H,14,16). The van der Waals surface area contributed by atoms with Crippen LogP contribution in [0.3, 0.4) is 0 Å². The summed E-state index contributed by atoms with van der Waals surface area (Å²) in [5.74, 6) is 0.876. The maximum atomic E-state index is 11.3. The number of carbonyl (C=O) groups is 1. The summed E-state index contributed by atoms with van der Waals surface area (Å²) in [4.78, 5) is 11.3. The lowest BCUT2D eigenvalue weighted by Crippen LogP contribution is -2.36. The van der Waals surface area contributed by atoms with Crippen LogP contribution in [0.2, 0.25) is 0 Å². The van der Waals surface area contributed by atoms with E-state index < -0.39 is 0 Å². The molecule has 17 heavy (non-hydrogen) atoms. The van der Waals surface area contributed by atoms with E-state index in [0.29, 0.717) is 19.4 Å². The van der Waals surface area contributed by atoms with Crippen molar-refractivity contribution in [2.45, 2.75) is 19.8 Å². The van der Waals surface area contributed by atoms with Crippen molar-refractivity contribution in [1.82, 2.24) is 10.4 Å². The van der Waals surface area contributed by atoms with Crippen LogP contribution < -0.4 is 10.2 Å². The second kappa shape index (κ2) is 6.91. The van der Waals surface area contributed by atoms with Gasteiger partial charge >= 0.3 is 0 Å². The summed E-state index contributed by atoms with van der Waals surface area (Å²) in [5, 5.41) is 1.64. The lowest BCUT2D eigenvalue weighted by molar-refractivity contribution is -0.125. The van der Waals surface area contributed by atoms with Gasteiger partial charge in [0.15, 0.2) is 0 Å². The molecule has 4 heteroatoms. The molecule has 1 N–H and O–H groups in total. The van der Waals surface area contributed by atoms with E-state index in [1.54, 1.807) is 19.1 Å². The Morgan fingerprint density at radius 2 is 2.18 bits per heavy atom. The Kier molecular flexibility index (Phi) is 5.49. The zero-order chi connectivity index (χ0) is 12.7. The number of benzene rings is 1. The SMILES string of the molecule is Cc1cccc(OCCCC(=O)NN(C)C)c1. The Morgan fingerprint density at radius 1 is 1.41 bits per heavy atom. The van der Waals surface area contributed by atoms with Gasteiger partial charge in [0.05, 0.1) is 6.61 Å². The minimum atomic E-state index is 0.0165. The van der Waals surface area contributed by atoms with Gasteiger partial charge in [-0.25, -0.2) is 5.01 Å². The van der Waals surface area contributed by atoms with Crippen LogP contribution in [0.4, 0.5) is 0 Å². The van der Waals surface area contributed by atoms with Gasteiger partial charge in [-0.2, -0.15) is 0 Å². The summed E-state index contributed by atoms with van der Waals surface area (Å²) in [5.41, 5.74) is 3.86. The highest BCUT2D eigenvalue weighted by molar-refractivity contribution is 5.75. The number of ether oxygens (including phenoxy) is 1. The zero-order valence-electron chi connectivity index (χ0n) is 10.7. The molecule has 0 spiro atoms. The van der Waals surface area contributed by atoms with E-state index in [4.69, 9.17) is 4.74 Å². The number of carbonyl (C=O) groups excluding carboxylic acids is 1. The number of amides is 1. The molecule has 4 nitrogen and oxygen atoms in total. The van der Waals surface area contributed by atoms with Crippen molar-refractivity contribution in [3.63, 3.8) is 0 Å². The fraction of sp³-hybridized carbons (Fsp3) is 0.462. The predicted octanol–water partition coefficient (Wildman–Crippen LogP) is 1.75. The second-order valence-corrected chi connectivity index (χ2v) is 4.20. The molecule has 0 atom stereocenters. The van der Waals surface area contributed by atoms with Gasteiger partial charge in [0, 0.05) is 20.5 Å². The molecule has 0 heterocycles. The third-order valence-corrected chi connectivity index (χ3v) is 2.15. The van der Waals surface area contributed by atoms with Gasteiger partial charge in [-0.1, -0.05) is 12.1 Å². The molecule has 0 aliphatic rings. The number of nitrogens with one attached hydrogen (secondary N) is 1. The van der Waals surface area contributed by atoms with Gasteiger partial charge in [-0.05, 0) is 31.0 Å². The first-order valence-electron chi connectivity index (χ1n) is 5.74. The van der Waals surface area contributed by atoms with Crippen LogP contribution in [0.1, 0.15) is 18.4 Å². The van der Waals surface area contributed by atoms with Gasteiger partial charge in [0.2, 0.25) is 5.91 Å². The van der Waals surface area contributed by atoms with Crippen LogP contribution in [0.25, 0.3) is 0 Å². The first kappa shape index (κ1) is 13.5. The highest BCUT2D eigenvalue weighted by atomic mass is 16.5. The summed E-state index contributed by atoms with van der Waals surface area (Å²) in [6.45, 7) is 2.59. The van der Waals surface area contributed by atoms with Crippen molar-refractivity contribution in [2.75, 3.05) is 20.7 Å². The number of hydrogen-bond acceptors (Lipinski definition) is 3. The van der Waals surface area contributed by atoms with Crippen LogP contribution in [0.15, 0.2) is 24.3 Å². The van der Waals surface area contributed by atoms with Gasteiger partial charge < -0.3 is 4.74 Å². The van der Waals surface area contributed by atoms with Crippen LogP contribution in [0, 0.1) is 6.92 Å². The number of nitrogens with zero attached hydrogens (tertiary/aromatic N) is 1. The van der Waals surface area contributed by atoms with E-state index >= 15 is 0 Å². The Labute approximate surface area is 103 Å². The fourth-order valence-electron chi connectivity index (χ4n) is 1.43. The van der Waals surface area contributed by atoms with E-state index in [2.05, 4.69) is 5.43 Å². The smallest absolute Gasteiger partial charge is 0.234 e. The molecule has 94 valence electrons. The van der Waals surface area contributed by atoms with Crippen molar-refractivity contribution in [3.05, 3.63) is 29.8 Å². The molecule has 1 rings (SSSR count). The van der Waals surface area contributed by atoms with Gasteiger partial charge in [0.1, 0.15) is 5.75 Å². The van der Waals surface area contributed by atoms with E-state index in [0.717, 1.165) is 5.75 Å². The molecule has 0 aliphatic carbocycles. The Balaban J connectivity index is 2.18. The summed E-state index contributed by atoms with van der Waals surface area (Å²) < 4.78 is 5.55. The second-order valence-electron chi connectivity index (χ2n) is 4.20. The normalized spacial score (nSPS) is 10.4. The summed E-state index contributed by atoms with van der Waals surface area (Å²) in [7, 11) is 3.59. The molecule has 0 radical (unpaired) electrons. The van der Waals surface area contributed by atoms with Crippen molar-refractivity contribution in [2.24, 2.45) is 0 Å². The predicted molar refractivity (Wildman–Crippen MR) is 67.7 cm³/mol. The van der Waals surface area contributed by atoms with Crippen molar-refractivity contribution in [3.8, 4) is 5.75 Å². The topological polar surface area (TPSA) is 41.6 Å². The maximum Gasteiger partial charge on any atom is 0.234 e. The van der Waals surface area contributed by atoms with Crippen molar-refractivity contribution < 1.29 is 9.53 Å². The number of aryl methyl sites for hydroxylation is 1. The molecule has 0 unspecified atom stereocenters. The van der Waals surface area contributed by atoms with Crippen molar-refractivity contribution in [1.29, 1.82) is 0 Å². The molecule has 1 amide bonds. The van der Waals surface area contributed by atoms with Crippen molar-refractivity contribution >= 4 is 5.91 Å². The third kappa shape index (κ3) is 5.92. The lowest BCUT2D eigenvalue weighted by atomic mass is 10.2. The number of rotatable bonds is 6. The van der Waals surface area contributed by atoms with Crippen LogP contribution >= 0.6 is 0 Å². The molecule has 0 fully saturated rings. The third-order valence-electron chi connectivity index (χ3n) is 2.15. The Bertz CT molecular complexity index is 364. The van der Waals surface area contributed by atoms with Crippen LogP contribution in [0.5, 0.6) is 5.75 Å². The number of hydrogen-bond donors (Lipinski definition) is 1. The Hall–Kier alpha value is -1.55. The summed E-state index contributed by atoms with van der Waals surface area (Å²) in [6.07, 6.45) is 1.19. The van der Waals surface area contributed by atoms with E-state index in [-0.39, 0.29) is 5.91 Å². The summed E-state index contributed by atoms with van der Waals surface area (Å²) >= 11 is 0. The number of hydrazine groups is 1. The zero-order valence-corrected chi connectivity index (χ0v) is 10.7. The lowest BCUT2D eigenvalue weighted by Gasteiger charge is -2.11. The monoisotopic (exact) mass is 236 g/mol. The highest BCUT2D eigenvalue weighted by Crippen LogP contribution is 2.12. The molecule has 0 saturated heterocycles. The molecule has 0 saturated carbocycles. The molecule has 1 aromatic carbocycles. The maximum absolute atomic E-state index is 11.3. The quantitative estimate of drug-likeness (QED) is 0.604. The molecule has 1 aromatic rings. The van der Waals surface area contributed by atoms with E-state index in [1.807, 2.05) is 31.2 Å². The molecule has 0 aliphatic heterocycles. The van der Waals surface area contributed by atoms with Gasteiger partial charge in [-0.15, -0.1) is 0 Å². The molecule has 0 aromatic heterocycles. The summed E-state index contributed by atoms with van der Waals surface area (Å²) in [6, 6.07) is 7.90. The minimum Gasteiger partial charge on any atom is -0.494 e. The first-order chi connectivity index (χ1) is 8.08. The van der Waals surface area contributed by atoms with Crippen LogP contribution in [-0.4, -0.2) is 31.6 Å². The fourth-order valence-corrected chi connectivity index (χ4v) is 1.43. The van der Waals surface area contributed by atoms with Gasteiger partial charge in [-0.3, -0.25) is 10.2 Å². The average molecular weight is 236 g/mol. The van der Waals surface area contributed by atoms with E-state index in [1.165, 1.54) is 5.56 Å². The van der Waals surface area contributed by atoms with E-state index in [9.17, 15) is 4.79 Å².